The highest BCUT2D eigenvalue weighted by atomic mass is 16.5. The number of anilines is 2. The first-order valence-corrected chi connectivity index (χ1v) is 8.82. The molecule has 1 aliphatic heterocycles. The van der Waals surface area contributed by atoms with Crippen molar-refractivity contribution in [1.82, 2.24) is 5.32 Å². The van der Waals surface area contributed by atoms with Crippen molar-refractivity contribution in [3.63, 3.8) is 0 Å². The lowest BCUT2D eigenvalue weighted by Gasteiger charge is -2.29. The van der Waals surface area contributed by atoms with Crippen LogP contribution in [0.25, 0.3) is 0 Å². The molecular weight excluding hydrogens is 378 g/mol. The molecule has 0 spiro atoms. The first-order chi connectivity index (χ1) is 14.0. The lowest BCUT2D eigenvalue weighted by Crippen LogP contribution is -2.47. The summed E-state index contributed by atoms with van der Waals surface area (Å²) in [6.45, 7) is -1.54. The third-order valence-electron chi connectivity index (χ3n) is 4.22. The molecular formula is C20H19N3O6. The summed E-state index contributed by atoms with van der Waals surface area (Å²) in [5.74, 6) is -2.49. The Bertz CT molecular complexity index is 931. The summed E-state index contributed by atoms with van der Waals surface area (Å²) in [7, 11) is 0. The van der Waals surface area contributed by atoms with Gasteiger partial charge in [-0.3, -0.25) is 19.3 Å². The quantitative estimate of drug-likeness (QED) is 0.603. The van der Waals surface area contributed by atoms with E-state index in [1.54, 1.807) is 54.6 Å². The van der Waals surface area contributed by atoms with E-state index < -0.39 is 37.0 Å². The first-order valence-electron chi connectivity index (χ1n) is 8.82. The topological polar surface area (TPSA) is 125 Å². The predicted molar refractivity (Wildman–Crippen MR) is 103 cm³/mol. The van der Waals surface area contributed by atoms with Gasteiger partial charge in [0.25, 0.3) is 11.8 Å². The van der Waals surface area contributed by atoms with Crippen LogP contribution in [0.5, 0.6) is 0 Å². The average molecular weight is 397 g/mol. The number of hydrogen-bond acceptors (Lipinski definition) is 6. The van der Waals surface area contributed by atoms with E-state index in [9.17, 15) is 24.3 Å². The van der Waals surface area contributed by atoms with Crippen molar-refractivity contribution in [3.05, 3.63) is 60.2 Å². The lowest BCUT2D eigenvalue weighted by molar-refractivity contribution is -0.150. The third-order valence-corrected chi connectivity index (χ3v) is 4.22. The summed E-state index contributed by atoms with van der Waals surface area (Å²) in [4.78, 5) is 49.8. The van der Waals surface area contributed by atoms with Gasteiger partial charge in [0.05, 0.1) is 18.0 Å². The zero-order chi connectivity index (χ0) is 20.8. The highest BCUT2D eigenvalue weighted by Gasteiger charge is 2.28. The number of carbonyl (C=O) groups excluding carboxylic acids is 4. The van der Waals surface area contributed by atoms with Crippen LogP contribution in [-0.2, 0) is 19.1 Å². The number of amides is 3. The number of rotatable bonds is 6. The van der Waals surface area contributed by atoms with Gasteiger partial charge in [-0.15, -0.1) is 0 Å². The Morgan fingerprint density at radius 3 is 2.52 bits per heavy atom. The molecule has 0 radical (unpaired) electrons. The average Bonchev–Trinajstić information content (AvgIpc) is 2.75. The molecule has 1 atom stereocenters. The van der Waals surface area contributed by atoms with Gasteiger partial charge in [-0.25, -0.2) is 4.79 Å². The Balaban J connectivity index is 1.60. The van der Waals surface area contributed by atoms with Crippen LogP contribution in [0, 0.1) is 0 Å². The van der Waals surface area contributed by atoms with Crippen molar-refractivity contribution >= 4 is 35.1 Å². The number of benzene rings is 2. The molecule has 3 amide bonds. The van der Waals surface area contributed by atoms with E-state index in [4.69, 9.17) is 4.74 Å². The van der Waals surface area contributed by atoms with Crippen LogP contribution in [0.3, 0.4) is 0 Å². The number of aliphatic hydroxyl groups is 1. The summed E-state index contributed by atoms with van der Waals surface area (Å²) in [5, 5.41) is 14.4. The van der Waals surface area contributed by atoms with Gasteiger partial charge in [-0.2, -0.15) is 0 Å². The molecule has 0 bridgehead atoms. The van der Waals surface area contributed by atoms with Crippen LogP contribution >= 0.6 is 0 Å². The first kappa shape index (κ1) is 20.0. The molecule has 9 heteroatoms. The van der Waals surface area contributed by atoms with Crippen LogP contribution in [0.15, 0.2) is 54.6 Å². The van der Waals surface area contributed by atoms with E-state index in [1.807, 2.05) is 0 Å². The van der Waals surface area contributed by atoms with E-state index >= 15 is 0 Å². The zero-order valence-corrected chi connectivity index (χ0v) is 15.3. The standard InChI is InChI=1S/C20H19N3O6/c24-11-15(22-19(27)13-6-2-1-3-7-13)20(28)29-12-18(26)23-10-17(25)21-14-8-4-5-9-16(14)23/h1-9,15,24H,10-12H2,(H,21,25)(H,22,27). The highest BCUT2D eigenvalue weighted by molar-refractivity contribution is 6.10. The van der Waals surface area contributed by atoms with Crippen LogP contribution in [0.4, 0.5) is 11.4 Å². The minimum atomic E-state index is -1.33. The van der Waals surface area contributed by atoms with Crippen LogP contribution in [0.1, 0.15) is 10.4 Å². The molecule has 2 aromatic carbocycles. The van der Waals surface area contributed by atoms with E-state index in [0.717, 1.165) is 0 Å². The van der Waals surface area contributed by atoms with Crippen LogP contribution in [0.2, 0.25) is 0 Å². The number of carbonyl (C=O) groups is 4. The fourth-order valence-electron chi connectivity index (χ4n) is 2.78. The number of nitrogens with one attached hydrogen (secondary N) is 2. The van der Waals surface area contributed by atoms with Gasteiger partial charge in [0.2, 0.25) is 5.91 Å². The molecule has 1 aliphatic rings. The minimum absolute atomic E-state index is 0.207. The Hall–Kier alpha value is -3.72. The Labute approximate surface area is 166 Å². The summed E-state index contributed by atoms with van der Waals surface area (Å²) >= 11 is 0. The molecule has 3 rings (SSSR count). The molecule has 0 aromatic heterocycles. The van der Waals surface area contributed by atoms with Gasteiger partial charge in [-0.1, -0.05) is 30.3 Å². The number of nitrogens with zero attached hydrogens (tertiary/aromatic N) is 1. The molecule has 0 fully saturated rings. The maximum Gasteiger partial charge on any atom is 0.331 e. The number of fused-ring (bicyclic) bond motifs is 1. The number of aliphatic hydroxyl groups excluding tert-OH is 1. The van der Waals surface area contributed by atoms with Gasteiger partial charge in [-0.05, 0) is 24.3 Å². The Morgan fingerprint density at radius 2 is 1.79 bits per heavy atom. The molecule has 1 heterocycles. The van der Waals surface area contributed by atoms with Gasteiger partial charge in [0.1, 0.15) is 6.54 Å². The summed E-state index contributed by atoms with van der Waals surface area (Å²) in [6.07, 6.45) is 0. The second-order valence-corrected chi connectivity index (χ2v) is 6.23. The van der Waals surface area contributed by atoms with Crippen LogP contribution in [-0.4, -0.2) is 54.6 Å². The smallest absolute Gasteiger partial charge is 0.331 e. The fraction of sp³-hybridized carbons (Fsp3) is 0.200. The van der Waals surface area contributed by atoms with E-state index in [0.29, 0.717) is 16.9 Å². The molecule has 2 aromatic rings. The minimum Gasteiger partial charge on any atom is -0.454 e. The van der Waals surface area contributed by atoms with Gasteiger partial charge < -0.3 is 20.5 Å². The van der Waals surface area contributed by atoms with Crippen molar-refractivity contribution in [2.45, 2.75) is 6.04 Å². The molecule has 150 valence electrons. The number of esters is 1. The zero-order valence-electron chi connectivity index (χ0n) is 15.3. The number of ether oxygens (including phenoxy) is 1. The predicted octanol–water partition coefficient (Wildman–Crippen LogP) is 0.306. The van der Waals surface area contributed by atoms with Crippen LogP contribution < -0.4 is 15.5 Å². The maximum atomic E-state index is 12.5. The molecule has 29 heavy (non-hydrogen) atoms. The molecule has 0 saturated heterocycles. The Morgan fingerprint density at radius 1 is 1.10 bits per heavy atom. The summed E-state index contributed by atoms with van der Waals surface area (Å²) < 4.78 is 4.96. The normalized spacial score (nSPS) is 13.7. The van der Waals surface area contributed by atoms with Crippen molar-refractivity contribution in [3.8, 4) is 0 Å². The number of para-hydroxylation sites is 2. The maximum absolute atomic E-state index is 12.5. The van der Waals surface area contributed by atoms with Gasteiger partial charge in [0, 0.05) is 5.56 Å². The van der Waals surface area contributed by atoms with Crippen molar-refractivity contribution < 1.29 is 29.0 Å². The van der Waals surface area contributed by atoms with E-state index in [1.165, 1.54) is 4.90 Å². The van der Waals surface area contributed by atoms with Crippen molar-refractivity contribution in [2.75, 3.05) is 30.0 Å². The second-order valence-electron chi connectivity index (χ2n) is 6.23. The lowest BCUT2D eigenvalue weighted by atomic mass is 10.2. The van der Waals surface area contributed by atoms with Gasteiger partial charge in [0.15, 0.2) is 12.6 Å². The molecule has 0 aliphatic carbocycles. The van der Waals surface area contributed by atoms with E-state index in [-0.39, 0.29) is 12.5 Å². The largest absolute Gasteiger partial charge is 0.454 e. The highest BCUT2D eigenvalue weighted by Crippen LogP contribution is 2.28. The summed E-state index contributed by atoms with van der Waals surface area (Å²) in [5.41, 5.74) is 1.28. The fourth-order valence-corrected chi connectivity index (χ4v) is 2.78. The SMILES string of the molecule is O=C1CN(C(=O)COC(=O)C(CO)NC(=O)c2ccccc2)c2ccccc2N1. The molecule has 9 nitrogen and oxygen atoms in total. The van der Waals surface area contributed by atoms with E-state index in [2.05, 4.69) is 10.6 Å². The van der Waals surface area contributed by atoms with Gasteiger partial charge >= 0.3 is 5.97 Å². The summed E-state index contributed by atoms with van der Waals surface area (Å²) in [6, 6.07) is 13.6. The number of hydrogen-bond donors (Lipinski definition) is 3. The van der Waals surface area contributed by atoms with Crippen molar-refractivity contribution in [2.24, 2.45) is 0 Å². The monoisotopic (exact) mass is 397 g/mol. The molecule has 1 unspecified atom stereocenters. The van der Waals surface area contributed by atoms with Crippen molar-refractivity contribution in [1.29, 1.82) is 0 Å². The molecule has 0 saturated carbocycles. The second kappa shape index (κ2) is 8.98. The molecule has 3 N–H and O–H groups in total. The third kappa shape index (κ3) is 4.77. The Kier molecular flexibility index (Phi) is 6.20.